The van der Waals surface area contributed by atoms with E-state index in [2.05, 4.69) is 13.5 Å². The molecule has 0 rings (SSSR count). The van der Waals surface area contributed by atoms with Crippen LogP contribution in [0.4, 0.5) is 0 Å². The van der Waals surface area contributed by atoms with Gasteiger partial charge in [-0.05, 0) is 31.4 Å². The smallest absolute Gasteiger partial charge is 0.342 e. The molecule has 0 bridgehead atoms. The third-order valence-corrected chi connectivity index (χ3v) is 2.57. The first-order valence-electron chi connectivity index (χ1n) is 6.70. The first-order chi connectivity index (χ1) is 9.43. The third kappa shape index (κ3) is 6.99. The van der Waals surface area contributed by atoms with Crippen LogP contribution in [0, 0.1) is 0 Å². The molecule has 0 aliphatic carbocycles. The van der Waals surface area contributed by atoms with Gasteiger partial charge >= 0.3 is 5.97 Å². The number of aliphatic hydroxyl groups is 3. The zero-order valence-corrected chi connectivity index (χ0v) is 12.2. The van der Waals surface area contributed by atoms with Crippen molar-refractivity contribution in [2.24, 2.45) is 0 Å². The Bertz CT molecular complexity index is 389. The van der Waals surface area contributed by atoms with E-state index >= 15 is 0 Å². The summed E-state index contributed by atoms with van der Waals surface area (Å²) in [5.41, 5.74) is 0.428. The molecule has 0 saturated carbocycles. The quantitative estimate of drug-likeness (QED) is 0.199. The van der Waals surface area contributed by atoms with Gasteiger partial charge in [-0.2, -0.15) is 0 Å². The lowest BCUT2D eigenvalue weighted by molar-refractivity contribution is -0.140. The molecule has 0 aliphatic heterocycles. The van der Waals surface area contributed by atoms with Crippen LogP contribution in [0.25, 0.3) is 0 Å². The van der Waals surface area contributed by atoms with Gasteiger partial charge < -0.3 is 20.1 Å². The Kier molecular flexibility index (Phi) is 9.20. The topological polar surface area (TPSA) is 87.0 Å². The molecule has 0 aromatic heterocycles. The number of carbonyl (C=O) groups excluding carboxylic acids is 1. The van der Waals surface area contributed by atoms with Gasteiger partial charge in [-0.25, -0.2) is 4.79 Å². The number of rotatable bonds is 9. The molecular formula is C15H24O5. The van der Waals surface area contributed by atoms with Crippen LogP contribution in [-0.4, -0.2) is 34.5 Å². The monoisotopic (exact) mass is 284 g/mol. The van der Waals surface area contributed by atoms with Crippen molar-refractivity contribution in [3.63, 3.8) is 0 Å². The molecule has 0 spiro atoms. The van der Waals surface area contributed by atoms with Gasteiger partial charge in [-0.1, -0.05) is 26.3 Å². The third-order valence-electron chi connectivity index (χ3n) is 2.57. The first kappa shape index (κ1) is 18.2. The van der Waals surface area contributed by atoms with Gasteiger partial charge in [0.05, 0.1) is 12.4 Å². The number of esters is 1. The minimum Gasteiger partial charge on any atom is -0.513 e. The molecule has 20 heavy (non-hydrogen) atoms. The van der Waals surface area contributed by atoms with Crippen LogP contribution >= 0.6 is 0 Å². The van der Waals surface area contributed by atoms with Crippen LogP contribution in [0.2, 0.25) is 0 Å². The summed E-state index contributed by atoms with van der Waals surface area (Å²) in [7, 11) is 0. The highest BCUT2D eigenvalue weighted by Crippen LogP contribution is 2.21. The van der Waals surface area contributed by atoms with E-state index in [4.69, 9.17) is 9.84 Å². The second-order valence-electron chi connectivity index (χ2n) is 4.45. The van der Waals surface area contributed by atoms with Crippen LogP contribution in [0.15, 0.2) is 35.3 Å². The Hall–Kier alpha value is -1.75. The second-order valence-corrected chi connectivity index (χ2v) is 4.45. The molecule has 0 fully saturated rings. The molecule has 0 amide bonds. The standard InChI is InChI=1S/C15H24O5/c1-4-5-6-7-13(10-11(2)17)14(12(3)18)15(19)20-9-8-16/h10,16-18H,3-9H2,1-2H3/b11-10+,14-13+. The highest BCUT2D eigenvalue weighted by molar-refractivity contribution is 5.94. The summed E-state index contributed by atoms with van der Waals surface area (Å²) in [4.78, 5) is 11.9. The van der Waals surface area contributed by atoms with Crippen molar-refractivity contribution in [3.05, 3.63) is 35.3 Å². The maximum Gasteiger partial charge on any atom is 0.342 e. The Balaban J connectivity index is 5.34. The van der Waals surface area contributed by atoms with E-state index in [0.29, 0.717) is 12.0 Å². The zero-order valence-electron chi connectivity index (χ0n) is 12.2. The number of hydrogen-bond acceptors (Lipinski definition) is 5. The number of unbranched alkanes of at least 4 members (excludes halogenated alkanes) is 2. The van der Waals surface area contributed by atoms with Crippen LogP contribution in [0.3, 0.4) is 0 Å². The Morgan fingerprint density at radius 1 is 1.30 bits per heavy atom. The zero-order chi connectivity index (χ0) is 15.5. The van der Waals surface area contributed by atoms with Gasteiger partial charge in [0.1, 0.15) is 17.9 Å². The van der Waals surface area contributed by atoms with Gasteiger partial charge in [0.25, 0.3) is 0 Å². The van der Waals surface area contributed by atoms with E-state index in [0.717, 1.165) is 19.3 Å². The van der Waals surface area contributed by atoms with Gasteiger partial charge in [-0.3, -0.25) is 0 Å². The Labute approximate surface area is 119 Å². The summed E-state index contributed by atoms with van der Waals surface area (Å²) in [6, 6.07) is 0. The summed E-state index contributed by atoms with van der Waals surface area (Å²) in [6.45, 7) is 6.45. The SMILES string of the molecule is C=C(O)/C(C(=O)OCCO)=C(\C=C(/C)O)CCCCC. The summed E-state index contributed by atoms with van der Waals surface area (Å²) >= 11 is 0. The normalized spacial score (nSPS) is 12.8. The van der Waals surface area contributed by atoms with Crippen molar-refractivity contribution in [2.75, 3.05) is 13.2 Å². The molecule has 5 nitrogen and oxygen atoms in total. The van der Waals surface area contributed by atoms with Gasteiger partial charge in [0, 0.05) is 0 Å². The molecule has 3 N–H and O–H groups in total. The predicted molar refractivity (Wildman–Crippen MR) is 77.4 cm³/mol. The van der Waals surface area contributed by atoms with Gasteiger partial charge in [0.2, 0.25) is 0 Å². The second kappa shape index (κ2) is 10.1. The van der Waals surface area contributed by atoms with Crippen molar-refractivity contribution in [1.82, 2.24) is 0 Å². The molecule has 0 atom stereocenters. The number of allylic oxidation sites excluding steroid dienone is 3. The predicted octanol–water partition coefficient (Wildman–Crippen LogP) is 2.93. The molecule has 0 aromatic rings. The van der Waals surface area contributed by atoms with Crippen LogP contribution in [0.5, 0.6) is 0 Å². The van der Waals surface area contributed by atoms with Crippen molar-refractivity contribution >= 4 is 5.97 Å². The molecule has 0 aliphatic rings. The number of aliphatic hydroxyl groups excluding tert-OH is 3. The average molecular weight is 284 g/mol. The molecule has 0 heterocycles. The fourth-order valence-electron chi connectivity index (χ4n) is 1.73. The van der Waals surface area contributed by atoms with E-state index in [1.54, 1.807) is 0 Å². The largest absolute Gasteiger partial charge is 0.513 e. The van der Waals surface area contributed by atoms with Crippen LogP contribution in [-0.2, 0) is 9.53 Å². The summed E-state index contributed by atoms with van der Waals surface area (Å²) in [5, 5.41) is 27.6. The summed E-state index contributed by atoms with van der Waals surface area (Å²) in [6.07, 6.45) is 4.75. The fraction of sp³-hybridized carbons (Fsp3) is 0.533. The molecule has 0 saturated heterocycles. The minimum absolute atomic E-state index is 0.0326. The first-order valence-corrected chi connectivity index (χ1v) is 6.70. The van der Waals surface area contributed by atoms with E-state index < -0.39 is 11.7 Å². The maximum atomic E-state index is 11.9. The molecule has 0 unspecified atom stereocenters. The van der Waals surface area contributed by atoms with Gasteiger partial charge in [0.15, 0.2) is 0 Å². The molecule has 0 radical (unpaired) electrons. The maximum absolute atomic E-state index is 11.9. The number of carbonyl (C=O) groups is 1. The average Bonchev–Trinajstić information content (AvgIpc) is 2.35. The minimum atomic E-state index is -0.754. The summed E-state index contributed by atoms with van der Waals surface area (Å²) < 4.78 is 4.80. The van der Waals surface area contributed by atoms with Crippen molar-refractivity contribution in [3.8, 4) is 0 Å². The molecule has 114 valence electrons. The molecular weight excluding hydrogens is 260 g/mol. The number of ether oxygens (including phenoxy) is 1. The van der Waals surface area contributed by atoms with Crippen molar-refractivity contribution < 1.29 is 24.9 Å². The molecule has 0 aromatic carbocycles. The van der Waals surface area contributed by atoms with Gasteiger partial charge in [-0.15, -0.1) is 0 Å². The highest BCUT2D eigenvalue weighted by atomic mass is 16.5. The lowest BCUT2D eigenvalue weighted by Crippen LogP contribution is -2.14. The number of hydrogen-bond donors (Lipinski definition) is 3. The Morgan fingerprint density at radius 3 is 2.40 bits per heavy atom. The fourth-order valence-corrected chi connectivity index (χ4v) is 1.73. The van der Waals surface area contributed by atoms with Crippen molar-refractivity contribution in [2.45, 2.75) is 39.5 Å². The van der Waals surface area contributed by atoms with E-state index in [-0.39, 0.29) is 24.5 Å². The summed E-state index contributed by atoms with van der Waals surface area (Å²) in [5.74, 6) is -1.13. The van der Waals surface area contributed by atoms with E-state index in [1.165, 1.54) is 13.0 Å². The molecule has 5 heteroatoms. The van der Waals surface area contributed by atoms with E-state index in [9.17, 15) is 15.0 Å². The lowest BCUT2D eigenvalue weighted by Gasteiger charge is -2.11. The van der Waals surface area contributed by atoms with E-state index in [1.807, 2.05) is 0 Å². The highest BCUT2D eigenvalue weighted by Gasteiger charge is 2.19. The van der Waals surface area contributed by atoms with Crippen LogP contribution < -0.4 is 0 Å². The van der Waals surface area contributed by atoms with Crippen LogP contribution in [0.1, 0.15) is 39.5 Å². The Morgan fingerprint density at radius 2 is 1.95 bits per heavy atom. The lowest BCUT2D eigenvalue weighted by atomic mass is 9.99. The van der Waals surface area contributed by atoms with Crippen molar-refractivity contribution in [1.29, 1.82) is 0 Å².